The number of carbonyl (C=O) groups excluding carboxylic acids is 1. The van der Waals surface area contributed by atoms with Crippen molar-refractivity contribution in [3.8, 4) is 0 Å². The Morgan fingerprint density at radius 2 is 2.09 bits per heavy atom. The first-order valence-electron chi connectivity index (χ1n) is 8.10. The number of nitrogens with one attached hydrogen (secondary N) is 2. The minimum Gasteiger partial charge on any atom is -0.346 e. The molecule has 2 aromatic rings. The molecule has 0 saturated carbocycles. The van der Waals surface area contributed by atoms with Crippen molar-refractivity contribution in [2.24, 2.45) is 5.92 Å². The van der Waals surface area contributed by atoms with Crippen molar-refractivity contribution in [2.45, 2.75) is 32.2 Å². The Labute approximate surface area is 135 Å². The van der Waals surface area contributed by atoms with E-state index in [-0.39, 0.29) is 17.9 Å². The van der Waals surface area contributed by atoms with Crippen molar-refractivity contribution in [3.63, 3.8) is 0 Å². The van der Waals surface area contributed by atoms with E-state index in [1.807, 2.05) is 37.3 Å². The van der Waals surface area contributed by atoms with Gasteiger partial charge in [0.1, 0.15) is 0 Å². The molecule has 6 heteroatoms. The van der Waals surface area contributed by atoms with Gasteiger partial charge in [0.25, 0.3) is 0 Å². The van der Waals surface area contributed by atoms with Gasteiger partial charge in [0.05, 0.1) is 12.5 Å². The number of hydrogen-bond donors (Lipinski definition) is 2. The molecule has 1 atom stereocenters. The van der Waals surface area contributed by atoms with Crippen LogP contribution in [0.1, 0.15) is 43.1 Å². The van der Waals surface area contributed by atoms with Crippen LogP contribution in [0.15, 0.2) is 34.9 Å². The van der Waals surface area contributed by atoms with Gasteiger partial charge in [0.15, 0.2) is 5.82 Å². The summed E-state index contributed by atoms with van der Waals surface area (Å²) >= 11 is 0. The van der Waals surface area contributed by atoms with Gasteiger partial charge < -0.3 is 15.2 Å². The second kappa shape index (κ2) is 7.37. The molecular formula is C17H22N4O2. The molecule has 2 N–H and O–H groups in total. The Kier molecular flexibility index (Phi) is 5.02. The van der Waals surface area contributed by atoms with Crippen LogP contribution in [0, 0.1) is 5.92 Å². The maximum atomic E-state index is 12.3. The van der Waals surface area contributed by atoms with Gasteiger partial charge in [0.2, 0.25) is 11.8 Å². The zero-order chi connectivity index (χ0) is 16.1. The lowest BCUT2D eigenvalue weighted by Crippen LogP contribution is -2.39. The van der Waals surface area contributed by atoms with Crippen LogP contribution < -0.4 is 10.6 Å². The van der Waals surface area contributed by atoms with Crippen LogP contribution >= 0.6 is 0 Å². The minimum atomic E-state index is -0.245. The number of benzene rings is 1. The van der Waals surface area contributed by atoms with E-state index in [2.05, 4.69) is 20.8 Å². The molecule has 0 radical (unpaired) electrons. The number of aromatic nitrogens is 2. The smallest absolute Gasteiger partial charge is 0.231 e. The van der Waals surface area contributed by atoms with Gasteiger partial charge in [-0.25, -0.2) is 0 Å². The van der Waals surface area contributed by atoms with Gasteiger partial charge in [-0.3, -0.25) is 4.79 Å². The molecule has 0 spiro atoms. The highest BCUT2D eigenvalue weighted by Crippen LogP contribution is 2.16. The summed E-state index contributed by atoms with van der Waals surface area (Å²) in [5.74, 6) is 1.25. The average molecular weight is 314 g/mol. The third-order valence-corrected chi connectivity index (χ3v) is 4.14. The molecule has 1 aromatic carbocycles. The zero-order valence-electron chi connectivity index (χ0n) is 13.3. The summed E-state index contributed by atoms with van der Waals surface area (Å²) in [6.07, 6.45) is 2.36. The molecule has 3 rings (SSSR count). The lowest BCUT2D eigenvalue weighted by Gasteiger charge is -2.23. The van der Waals surface area contributed by atoms with Gasteiger partial charge >= 0.3 is 0 Å². The largest absolute Gasteiger partial charge is 0.346 e. The molecule has 122 valence electrons. The Bertz CT molecular complexity index is 635. The highest BCUT2D eigenvalue weighted by atomic mass is 16.5. The molecular weight excluding hydrogens is 292 g/mol. The maximum absolute atomic E-state index is 12.3. The SMILES string of the molecule is CC(NC(=O)C1CCNCC1)c1noc(Cc2ccccc2)n1. The quantitative estimate of drug-likeness (QED) is 0.880. The molecule has 2 heterocycles. The fourth-order valence-corrected chi connectivity index (χ4v) is 2.77. The number of rotatable bonds is 5. The number of amides is 1. The van der Waals surface area contributed by atoms with Crippen molar-refractivity contribution < 1.29 is 9.32 Å². The van der Waals surface area contributed by atoms with E-state index in [1.165, 1.54) is 0 Å². The van der Waals surface area contributed by atoms with Crippen LogP contribution in [0.5, 0.6) is 0 Å². The molecule has 1 unspecified atom stereocenters. The third kappa shape index (κ3) is 4.16. The van der Waals surface area contributed by atoms with Crippen LogP contribution in [0.25, 0.3) is 0 Å². The van der Waals surface area contributed by atoms with Crippen LogP contribution in [0.3, 0.4) is 0 Å². The van der Waals surface area contributed by atoms with E-state index >= 15 is 0 Å². The van der Waals surface area contributed by atoms with Crippen LogP contribution in [0.4, 0.5) is 0 Å². The summed E-state index contributed by atoms with van der Waals surface area (Å²) in [5.41, 5.74) is 1.12. The average Bonchev–Trinajstić information content (AvgIpc) is 3.05. The minimum absolute atomic E-state index is 0.0772. The van der Waals surface area contributed by atoms with E-state index in [1.54, 1.807) is 0 Å². The molecule has 0 aliphatic carbocycles. The number of hydrogen-bond acceptors (Lipinski definition) is 5. The lowest BCUT2D eigenvalue weighted by molar-refractivity contribution is -0.126. The first-order valence-corrected chi connectivity index (χ1v) is 8.10. The predicted molar refractivity (Wildman–Crippen MR) is 85.7 cm³/mol. The summed E-state index contributed by atoms with van der Waals surface area (Å²) in [5, 5.41) is 10.3. The van der Waals surface area contributed by atoms with E-state index in [9.17, 15) is 4.79 Å². The standard InChI is InChI=1S/C17H22N4O2/c1-12(19-17(22)14-7-9-18-10-8-14)16-20-15(23-21-16)11-13-5-3-2-4-6-13/h2-6,12,14,18H,7-11H2,1H3,(H,19,22). The van der Waals surface area contributed by atoms with E-state index in [4.69, 9.17) is 4.52 Å². The first-order chi connectivity index (χ1) is 11.2. The van der Waals surface area contributed by atoms with E-state index < -0.39 is 0 Å². The fourth-order valence-electron chi connectivity index (χ4n) is 2.77. The molecule has 1 aliphatic rings. The molecule has 0 bridgehead atoms. The van der Waals surface area contributed by atoms with E-state index in [0.717, 1.165) is 31.5 Å². The molecule has 1 aromatic heterocycles. The van der Waals surface area contributed by atoms with Crippen LogP contribution in [-0.4, -0.2) is 29.1 Å². The highest BCUT2D eigenvalue weighted by Gasteiger charge is 2.24. The van der Waals surface area contributed by atoms with Crippen LogP contribution in [-0.2, 0) is 11.2 Å². The maximum Gasteiger partial charge on any atom is 0.231 e. The Morgan fingerprint density at radius 3 is 2.83 bits per heavy atom. The molecule has 6 nitrogen and oxygen atoms in total. The fraction of sp³-hybridized carbons (Fsp3) is 0.471. The van der Waals surface area contributed by atoms with Gasteiger partial charge in [0, 0.05) is 5.92 Å². The van der Waals surface area contributed by atoms with Gasteiger partial charge in [-0.1, -0.05) is 35.5 Å². The van der Waals surface area contributed by atoms with Gasteiger partial charge in [-0.2, -0.15) is 4.98 Å². The van der Waals surface area contributed by atoms with Crippen molar-refractivity contribution >= 4 is 5.91 Å². The van der Waals surface area contributed by atoms with Crippen molar-refractivity contribution in [1.29, 1.82) is 0 Å². The number of piperidine rings is 1. The van der Waals surface area contributed by atoms with Gasteiger partial charge in [-0.05, 0) is 38.4 Å². The monoisotopic (exact) mass is 314 g/mol. The second-order valence-electron chi connectivity index (χ2n) is 5.96. The summed E-state index contributed by atoms with van der Waals surface area (Å²) in [6.45, 7) is 3.68. The van der Waals surface area contributed by atoms with E-state index in [0.29, 0.717) is 18.1 Å². The number of nitrogens with zero attached hydrogens (tertiary/aromatic N) is 2. The Balaban J connectivity index is 1.57. The summed E-state index contributed by atoms with van der Waals surface area (Å²) in [4.78, 5) is 16.7. The van der Waals surface area contributed by atoms with Crippen LogP contribution in [0.2, 0.25) is 0 Å². The highest BCUT2D eigenvalue weighted by molar-refractivity contribution is 5.79. The Hall–Kier alpha value is -2.21. The van der Waals surface area contributed by atoms with Crippen molar-refractivity contribution in [1.82, 2.24) is 20.8 Å². The Morgan fingerprint density at radius 1 is 1.35 bits per heavy atom. The van der Waals surface area contributed by atoms with Gasteiger partial charge in [-0.15, -0.1) is 0 Å². The first kappa shape index (κ1) is 15.7. The normalized spacial score (nSPS) is 16.9. The topological polar surface area (TPSA) is 80.0 Å². The molecule has 1 saturated heterocycles. The van der Waals surface area contributed by atoms with Crippen molar-refractivity contribution in [2.75, 3.05) is 13.1 Å². The zero-order valence-corrected chi connectivity index (χ0v) is 13.3. The lowest BCUT2D eigenvalue weighted by atomic mass is 9.97. The van der Waals surface area contributed by atoms with Crippen molar-refractivity contribution in [3.05, 3.63) is 47.6 Å². The second-order valence-corrected chi connectivity index (χ2v) is 5.96. The third-order valence-electron chi connectivity index (χ3n) is 4.14. The number of carbonyl (C=O) groups is 1. The molecule has 23 heavy (non-hydrogen) atoms. The molecule has 1 fully saturated rings. The molecule has 1 amide bonds. The summed E-state index contributed by atoms with van der Waals surface area (Å²) in [7, 11) is 0. The summed E-state index contributed by atoms with van der Waals surface area (Å²) < 4.78 is 5.29. The summed E-state index contributed by atoms with van der Waals surface area (Å²) in [6, 6.07) is 9.73. The predicted octanol–water partition coefficient (Wildman–Crippen LogP) is 1.84. The molecule has 1 aliphatic heterocycles.